The Balaban J connectivity index is 1.75. The molecule has 0 spiro atoms. The Morgan fingerprint density at radius 3 is 2.84 bits per heavy atom. The van der Waals surface area contributed by atoms with Gasteiger partial charge >= 0.3 is 6.18 Å². The highest BCUT2D eigenvalue weighted by atomic mass is 32.1. The van der Waals surface area contributed by atoms with Crippen LogP contribution in [0.4, 0.5) is 13.2 Å². The van der Waals surface area contributed by atoms with Crippen molar-refractivity contribution < 1.29 is 27.4 Å². The van der Waals surface area contributed by atoms with E-state index in [4.69, 9.17) is 9.47 Å². The van der Waals surface area contributed by atoms with Crippen LogP contribution in [0.15, 0.2) is 24.3 Å². The summed E-state index contributed by atoms with van der Waals surface area (Å²) >= 11 is 1.36. The van der Waals surface area contributed by atoms with Crippen LogP contribution in [0.25, 0.3) is 0 Å². The Bertz CT molecular complexity index is 762. The van der Waals surface area contributed by atoms with E-state index in [0.717, 1.165) is 22.9 Å². The number of carbonyl (C=O) groups excluding carboxylic acids is 1. The van der Waals surface area contributed by atoms with Crippen molar-refractivity contribution in [2.45, 2.75) is 25.7 Å². The van der Waals surface area contributed by atoms with E-state index in [1.54, 1.807) is 6.07 Å². The molecule has 2 aromatic rings. The van der Waals surface area contributed by atoms with Crippen LogP contribution >= 0.6 is 11.3 Å². The van der Waals surface area contributed by atoms with Crippen molar-refractivity contribution in [3.8, 4) is 5.75 Å². The van der Waals surface area contributed by atoms with E-state index >= 15 is 0 Å². The van der Waals surface area contributed by atoms with Crippen molar-refractivity contribution in [3.63, 3.8) is 0 Å². The van der Waals surface area contributed by atoms with Crippen molar-refractivity contribution in [2.75, 3.05) is 13.7 Å². The molecule has 1 aromatic carbocycles. The van der Waals surface area contributed by atoms with Crippen LogP contribution in [0.5, 0.6) is 5.75 Å². The Labute approximate surface area is 146 Å². The first-order valence-corrected chi connectivity index (χ1v) is 8.42. The summed E-state index contributed by atoms with van der Waals surface area (Å²) in [6, 6.07) is 5.43. The molecule has 25 heavy (non-hydrogen) atoms. The summed E-state index contributed by atoms with van der Waals surface area (Å²) in [6.07, 6.45) is -3.77. The molecule has 0 radical (unpaired) electrons. The topological polar surface area (TPSA) is 47.6 Å². The maximum absolute atomic E-state index is 13.2. The summed E-state index contributed by atoms with van der Waals surface area (Å²) in [5.74, 6) is -0.267. The van der Waals surface area contributed by atoms with Crippen LogP contribution in [0.1, 0.15) is 31.2 Å². The molecule has 3 rings (SSSR count). The molecule has 1 N–H and O–H groups in total. The van der Waals surface area contributed by atoms with Gasteiger partial charge in [-0.05, 0) is 29.3 Å². The van der Waals surface area contributed by atoms with Crippen molar-refractivity contribution in [1.29, 1.82) is 0 Å². The van der Waals surface area contributed by atoms with Gasteiger partial charge in [0.1, 0.15) is 5.75 Å². The monoisotopic (exact) mass is 371 g/mol. The molecule has 0 atom stereocenters. The van der Waals surface area contributed by atoms with Gasteiger partial charge in [-0.15, -0.1) is 11.3 Å². The quantitative estimate of drug-likeness (QED) is 0.890. The van der Waals surface area contributed by atoms with Crippen LogP contribution in [0.2, 0.25) is 0 Å². The smallest absolute Gasteiger partial charge is 0.416 e. The van der Waals surface area contributed by atoms with E-state index in [-0.39, 0.29) is 23.8 Å². The number of hydrogen-bond acceptors (Lipinski definition) is 4. The lowest BCUT2D eigenvalue weighted by Gasteiger charge is -2.14. The van der Waals surface area contributed by atoms with Crippen molar-refractivity contribution in [3.05, 3.63) is 50.7 Å². The number of fused-ring (bicyclic) bond motifs is 1. The Morgan fingerprint density at radius 1 is 1.36 bits per heavy atom. The molecule has 1 amide bonds. The van der Waals surface area contributed by atoms with Gasteiger partial charge in [0, 0.05) is 17.8 Å². The molecule has 1 aromatic heterocycles. The minimum Gasteiger partial charge on any atom is -0.497 e. The van der Waals surface area contributed by atoms with E-state index in [2.05, 4.69) is 5.32 Å². The number of amides is 1. The third-order valence-corrected chi connectivity index (χ3v) is 5.15. The molecular formula is C17H16F3NO3S. The van der Waals surface area contributed by atoms with Gasteiger partial charge in [0.05, 0.1) is 30.8 Å². The van der Waals surface area contributed by atoms with Gasteiger partial charge in [-0.3, -0.25) is 4.79 Å². The first-order chi connectivity index (χ1) is 11.9. The summed E-state index contributed by atoms with van der Waals surface area (Å²) in [6.45, 7) is 0.877. The molecule has 0 bridgehead atoms. The molecule has 8 heteroatoms. The third kappa shape index (κ3) is 3.96. The standard InChI is InChI=1S/C17H16F3NO3S/c1-23-12-3-2-10(13(7-12)17(18,19)20)8-21-16(22)15-6-11-9-24-5-4-14(11)25-15/h2-3,6-7H,4-5,8-9H2,1H3,(H,21,22). The SMILES string of the molecule is COc1ccc(CNC(=O)c2cc3c(s2)CCOC3)c(C(F)(F)F)c1. The fourth-order valence-electron chi connectivity index (χ4n) is 2.62. The Morgan fingerprint density at radius 2 is 2.16 bits per heavy atom. The third-order valence-electron chi connectivity index (χ3n) is 3.91. The lowest BCUT2D eigenvalue weighted by Crippen LogP contribution is -2.23. The van der Waals surface area contributed by atoms with Gasteiger partial charge < -0.3 is 14.8 Å². The summed E-state index contributed by atoms with van der Waals surface area (Å²) in [5, 5.41) is 2.56. The number of methoxy groups -OCH3 is 1. The van der Waals surface area contributed by atoms with Crippen LogP contribution in [-0.2, 0) is 30.5 Å². The average Bonchev–Trinajstić information content (AvgIpc) is 3.03. The van der Waals surface area contributed by atoms with E-state index in [1.807, 2.05) is 0 Å². The first-order valence-electron chi connectivity index (χ1n) is 7.60. The van der Waals surface area contributed by atoms with Crippen LogP contribution in [0.3, 0.4) is 0 Å². The minimum absolute atomic E-state index is 0.00805. The van der Waals surface area contributed by atoms with E-state index in [9.17, 15) is 18.0 Å². The molecule has 0 saturated carbocycles. The molecule has 0 fully saturated rings. The summed E-state index contributed by atoms with van der Waals surface area (Å²) in [7, 11) is 1.30. The van der Waals surface area contributed by atoms with Crippen LogP contribution in [-0.4, -0.2) is 19.6 Å². The predicted molar refractivity (Wildman–Crippen MR) is 86.8 cm³/mol. The van der Waals surface area contributed by atoms with Gasteiger partial charge in [-0.1, -0.05) is 6.07 Å². The Kier molecular flexibility index (Phi) is 5.01. The predicted octanol–water partition coefficient (Wildman–Crippen LogP) is 3.78. The Hall–Kier alpha value is -2.06. The van der Waals surface area contributed by atoms with Crippen molar-refractivity contribution in [1.82, 2.24) is 5.32 Å². The highest BCUT2D eigenvalue weighted by Gasteiger charge is 2.34. The molecule has 0 unspecified atom stereocenters. The van der Waals surface area contributed by atoms with Crippen LogP contribution < -0.4 is 10.1 Å². The highest BCUT2D eigenvalue weighted by molar-refractivity contribution is 7.14. The zero-order chi connectivity index (χ0) is 18.0. The molecule has 0 saturated heterocycles. The summed E-state index contributed by atoms with van der Waals surface area (Å²) < 4.78 is 49.7. The number of thiophene rings is 1. The first kappa shape index (κ1) is 17.8. The minimum atomic E-state index is -4.52. The van der Waals surface area contributed by atoms with Crippen LogP contribution in [0, 0.1) is 0 Å². The lowest BCUT2D eigenvalue weighted by atomic mass is 10.1. The highest BCUT2D eigenvalue weighted by Crippen LogP contribution is 2.34. The lowest BCUT2D eigenvalue weighted by molar-refractivity contribution is -0.138. The van der Waals surface area contributed by atoms with E-state index in [1.165, 1.54) is 30.6 Å². The maximum atomic E-state index is 13.2. The zero-order valence-corrected chi connectivity index (χ0v) is 14.2. The zero-order valence-electron chi connectivity index (χ0n) is 13.4. The molecule has 2 heterocycles. The summed E-state index contributed by atoms with van der Waals surface area (Å²) in [5.41, 5.74) is 0.152. The molecular weight excluding hydrogens is 355 g/mol. The van der Waals surface area contributed by atoms with Crippen molar-refractivity contribution in [2.24, 2.45) is 0 Å². The number of nitrogens with one attached hydrogen (secondary N) is 1. The van der Waals surface area contributed by atoms with Gasteiger partial charge in [-0.2, -0.15) is 13.2 Å². The second-order valence-corrected chi connectivity index (χ2v) is 6.70. The van der Waals surface area contributed by atoms with E-state index in [0.29, 0.717) is 18.1 Å². The molecule has 4 nitrogen and oxygen atoms in total. The molecule has 1 aliphatic heterocycles. The fraction of sp³-hybridized carbons (Fsp3) is 0.353. The number of ether oxygens (including phenoxy) is 2. The van der Waals surface area contributed by atoms with Gasteiger partial charge in [-0.25, -0.2) is 0 Å². The number of rotatable bonds is 4. The molecule has 134 valence electrons. The van der Waals surface area contributed by atoms with Gasteiger partial charge in [0.2, 0.25) is 0 Å². The maximum Gasteiger partial charge on any atom is 0.416 e. The van der Waals surface area contributed by atoms with Gasteiger partial charge in [0.15, 0.2) is 0 Å². The number of benzene rings is 1. The van der Waals surface area contributed by atoms with E-state index < -0.39 is 11.7 Å². The second-order valence-electron chi connectivity index (χ2n) is 5.57. The number of carbonyl (C=O) groups is 1. The number of halogens is 3. The number of hydrogen-bond donors (Lipinski definition) is 1. The number of alkyl halides is 3. The molecule has 1 aliphatic rings. The average molecular weight is 371 g/mol. The fourth-order valence-corrected chi connectivity index (χ4v) is 3.69. The van der Waals surface area contributed by atoms with Crippen molar-refractivity contribution >= 4 is 17.2 Å². The molecule has 0 aliphatic carbocycles. The largest absolute Gasteiger partial charge is 0.497 e. The normalized spacial score (nSPS) is 14.1. The summed E-state index contributed by atoms with van der Waals surface area (Å²) in [4.78, 5) is 13.9. The van der Waals surface area contributed by atoms with Gasteiger partial charge in [0.25, 0.3) is 5.91 Å². The second kappa shape index (κ2) is 7.05.